The topological polar surface area (TPSA) is 36.8 Å². The van der Waals surface area contributed by atoms with Crippen LogP contribution in [0.15, 0.2) is 11.6 Å². The van der Waals surface area contributed by atoms with Crippen molar-refractivity contribution in [2.24, 2.45) is 28.6 Å². The molecule has 4 aliphatic carbocycles. The Hall–Kier alpha value is 0.300. The summed E-state index contributed by atoms with van der Waals surface area (Å²) in [6.07, 6.45) is 12.5. The van der Waals surface area contributed by atoms with Gasteiger partial charge in [0.1, 0.15) is 0 Å². The van der Waals surface area contributed by atoms with E-state index in [1.165, 1.54) is 38.5 Å². The Labute approximate surface area is 165 Å². The Morgan fingerprint density at radius 1 is 1.16 bits per heavy atom. The molecule has 3 fully saturated rings. The molecule has 144 valence electrons. The highest BCUT2D eigenvalue weighted by molar-refractivity contribution is 7.58. The molecule has 0 spiro atoms. The summed E-state index contributed by atoms with van der Waals surface area (Å²) in [5, 5.41) is 12.7. The first kappa shape index (κ1) is 20.0. The summed E-state index contributed by atoms with van der Waals surface area (Å²) in [6.45, 7) is 6.24. The molecule has 0 aromatic carbocycles. The van der Waals surface area contributed by atoms with E-state index in [0.717, 1.165) is 48.9 Å². The van der Waals surface area contributed by atoms with Crippen LogP contribution in [0.4, 0.5) is 0 Å². The third kappa shape index (κ3) is 3.11. The monoisotopic (exact) mass is 385 g/mol. The summed E-state index contributed by atoms with van der Waals surface area (Å²) in [7, 11) is 0. The van der Waals surface area contributed by atoms with Crippen LogP contribution in [0.25, 0.3) is 0 Å². The SMILES string of the molecule is C[C@]12CC[C@H](O)CC1=CCC1C2CC[C@@]2(C)C1CC[C@@H]2[NH2+]CC[S-].Cl. The lowest BCUT2D eigenvalue weighted by Gasteiger charge is -2.57. The minimum Gasteiger partial charge on any atom is -0.787 e. The lowest BCUT2D eigenvalue weighted by Crippen LogP contribution is -2.93. The minimum atomic E-state index is -0.0846. The van der Waals surface area contributed by atoms with Crippen molar-refractivity contribution < 1.29 is 10.4 Å². The van der Waals surface area contributed by atoms with Crippen molar-refractivity contribution in [3.05, 3.63) is 11.6 Å². The first-order valence-corrected chi connectivity index (χ1v) is 10.9. The number of nitrogens with two attached hydrogens (primary N) is 1. The first-order valence-electron chi connectivity index (χ1n) is 10.3. The molecule has 3 unspecified atom stereocenters. The van der Waals surface area contributed by atoms with Gasteiger partial charge in [0.25, 0.3) is 0 Å². The van der Waals surface area contributed by atoms with Gasteiger partial charge in [-0.05, 0) is 68.1 Å². The third-order valence-corrected chi connectivity index (χ3v) is 8.96. The largest absolute Gasteiger partial charge is 0.787 e. The van der Waals surface area contributed by atoms with E-state index in [9.17, 15) is 5.11 Å². The third-order valence-electron chi connectivity index (χ3n) is 8.72. The minimum absolute atomic E-state index is 0. The molecular formula is C21H36ClNOS. The number of aliphatic hydroxyl groups excluding tert-OH is 1. The molecule has 0 bridgehead atoms. The second-order valence-electron chi connectivity index (χ2n) is 9.61. The summed E-state index contributed by atoms with van der Waals surface area (Å²) in [5.41, 5.74) is 2.51. The van der Waals surface area contributed by atoms with Gasteiger partial charge >= 0.3 is 0 Å². The smallest absolute Gasteiger partial charge is 0.0915 e. The van der Waals surface area contributed by atoms with Crippen LogP contribution in [0.2, 0.25) is 0 Å². The van der Waals surface area contributed by atoms with Gasteiger partial charge in [0.15, 0.2) is 0 Å². The van der Waals surface area contributed by atoms with Crippen LogP contribution < -0.4 is 5.32 Å². The Morgan fingerprint density at radius 3 is 2.72 bits per heavy atom. The van der Waals surface area contributed by atoms with Gasteiger partial charge in [0, 0.05) is 11.8 Å². The van der Waals surface area contributed by atoms with E-state index in [2.05, 4.69) is 25.2 Å². The van der Waals surface area contributed by atoms with Crippen LogP contribution in [0.5, 0.6) is 0 Å². The molecule has 4 heteroatoms. The van der Waals surface area contributed by atoms with Crippen molar-refractivity contribution in [1.82, 2.24) is 0 Å². The van der Waals surface area contributed by atoms with Crippen LogP contribution >= 0.6 is 12.4 Å². The molecule has 0 aliphatic heterocycles. The molecular weight excluding hydrogens is 350 g/mol. The molecule has 4 aliphatic rings. The van der Waals surface area contributed by atoms with Gasteiger partial charge in [0.2, 0.25) is 0 Å². The second kappa shape index (κ2) is 7.37. The highest BCUT2D eigenvalue weighted by Gasteiger charge is 2.59. The highest BCUT2D eigenvalue weighted by atomic mass is 35.5. The standard InChI is InChI=1S/C21H35NOS.ClH/c1-20-9-7-15(23)13-14(20)3-4-16-17-5-6-19(22-11-12-24)21(17,2)10-8-18(16)20;/h3,15-19,22-24H,4-13H2,1-2H3;1H/t15-,16?,17?,18?,19-,20-,21-;/m0./s1. The van der Waals surface area contributed by atoms with Crippen LogP contribution in [0, 0.1) is 28.6 Å². The van der Waals surface area contributed by atoms with Crippen molar-refractivity contribution in [2.45, 2.75) is 77.4 Å². The summed E-state index contributed by atoms with van der Waals surface area (Å²) in [5.74, 6) is 3.54. The van der Waals surface area contributed by atoms with Crippen LogP contribution in [0.1, 0.15) is 65.2 Å². The zero-order valence-electron chi connectivity index (χ0n) is 15.9. The fourth-order valence-corrected chi connectivity index (χ4v) is 7.47. The number of halogens is 1. The molecule has 0 aromatic heterocycles. The van der Waals surface area contributed by atoms with Gasteiger partial charge in [-0.2, -0.15) is 0 Å². The van der Waals surface area contributed by atoms with E-state index in [4.69, 9.17) is 12.6 Å². The van der Waals surface area contributed by atoms with E-state index >= 15 is 0 Å². The van der Waals surface area contributed by atoms with Crippen molar-refractivity contribution >= 4 is 25.0 Å². The lowest BCUT2D eigenvalue weighted by molar-refractivity contribution is -0.697. The van der Waals surface area contributed by atoms with Gasteiger partial charge in [-0.1, -0.05) is 25.5 Å². The number of fused-ring (bicyclic) bond motifs is 5. The molecule has 25 heavy (non-hydrogen) atoms. The van der Waals surface area contributed by atoms with E-state index in [-0.39, 0.29) is 18.5 Å². The quantitative estimate of drug-likeness (QED) is 0.578. The van der Waals surface area contributed by atoms with Crippen molar-refractivity contribution in [1.29, 1.82) is 0 Å². The van der Waals surface area contributed by atoms with Crippen LogP contribution in [0.3, 0.4) is 0 Å². The number of rotatable bonds is 3. The zero-order valence-corrected chi connectivity index (χ0v) is 17.5. The highest BCUT2D eigenvalue weighted by Crippen LogP contribution is 2.64. The van der Waals surface area contributed by atoms with E-state index in [1.807, 2.05) is 0 Å². The van der Waals surface area contributed by atoms with E-state index in [1.54, 1.807) is 5.57 Å². The molecule has 0 radical (unpaired) electrons. The maximum Gasteiger partial charge on any atom is 0.0915 e. The molecule has 2 nitrogen and oxygen atoms in total. The average molecular weight is 386 g/mol. The van der Waals surface area contributed by atoms with Crippen molar-refractivity contribution in [3.8, 4) is 0 Å². The molecule has 0 saturated heterocycles. The number of aliphatic hydroxyl groups is 1. The van der Waals surface area contributed by atoms with E-state index in [0.29, 0.717) is 10.8 Å². The molecule has 3 N–H and O–H groups in total. The van der Waals surface area contributed by atoms with Gasteiger partial charge < -0.3 is 23.1 Å². The van der Waals surface area contributed by atoms with Crippen LogP contribution in [-0.2, 0) is 12.6 Å². The molecule has 7 atom stereocenters. The Balaban J connectivity index is 0.00000182. The molecule has 0 aromatic rings. The maximum atomic E-state index is 10.1. The summed E-state index contributed by atoms with van der Waals surface area (Å²) >= 11 is 5.19. The number of quaternary nitrogens is 1. The second-order valence-corrected chi connectivity index (χ2v) is 10.0. The number of hydrogen-bond acceptors (Lipinski definition) is 2. The van der Waals surface area contributed by atoms with Crippen LogP contribution in [-0.4, -0.2) is 29.5 Å². The fraction of sp³-hybridized carbons (Fsp3) is 0.905. The molecule has 4 rings (SSSR count). The molecule has 3 saturated carbocycles. The normalized spacial score (nSPS) is 48.6. The zero-order chi connectivity index (χ0) is 16.9. The number of allylic oxidation sites excluding steroid dienone is 1. The number of hydrogen-bond donors (Lipinski definition) is 2. The van der Waals surface area contributed by atoms with Crippen molar-refractivity contribution in [2.75, 3.05) is 12.3 Å². The van der Waals surface area contributed by atoms with Crippen molar-refractivity contribution in [3.63, 3.8) is 0 Å². The fourth-order valence-electron chi connectivity index (χ4n) is 7.34. The summed E-state index contributed by atoms with van der Waals surface area (Å²) < 4.78 is 0. The van der Waals surface area contributed by atoms with Gasteiger partial charge in [-0.3, -0.25) is 0 Å². The predicted octanol–water partition coefficient (Wildman–Crippen LogP) is 3.21. The predicted molar refractivity (Wildman–Crippen MR) is 108 cm³/mol. The Morgan fingerprint density at radius 2 is 1.96 bits per heavy atom. The molecule has 0 amide bonds. The lowest BCUT2D eigenvalue weighted by atomic mass is 9.48. The summed E-state index contributed by atoms with van der Waals surface area (Å²) in [6, 6.07) is 0.803. The van der Waals surface area contributed by atoms with E-state index < -0.39 is 0 Å². The van der Waals surface area contributed by atoms with Gasteiger partial charge in [0.05, 0.1) is 18.7 Å². The van der Waals surface area contributed by atoms with Gasteiger partial charge in [-0.25, -0.2) is 0 Å². The summed E-state index contributed by atoms with van der Waals surface area (Å²) in [4.78, 5) is 0. The Bertz CT molecular complexity index is 526. The Kier molecular flexibility index (Phi) is 5.91. The van der Waals surface area contributed by atoms with Gasteiger partial charge in [-0.15, -0.1) is 18.2 Å². The first-order chi connectivity index (χ1) is 11.5. The maximum absolute atomic E-state index is 10.1. The molecule has 0 heterocycles. The average Bonchev–Trinajstić information content (AvgIpc) is 2.90.